The van der Waals surface area contributed by atoms with E-state index in [1.165, 1.54) is 12.8 Å². The number of thioether (sulfide) groups is 1. The van der Waals surface area contributed by atoms with Crippen molar-refractivity contribution in [1.29, 1.82) is 0 Å². The Labute approximate surface area is 120 Å². The molecule has 98 valence electrons. The van der Waals surface area contributed by atoms with Gasteiger partial charge < -0.3 is 5.32 Å². The van der Waals surface area contributed by atoms with E-state index in [2.05, 4.69) is 32.5 Å². The van der Waals surface area contributed by atoms with Gasteiger partial charge in [0, 0.05) is 22.0 Å². The zero-order valence-corrected chi connectivity index (χ0v) is 12.8. The van der Waals surface area contributed by atoms with Gasteiger partial charge in [0.25, 0.3) is 5.91 Å². The first-order chi connectivity index (χ1) is 8.69. The monoisotopic (exact) mass is 328 g/mol. The molecule has 0 saturated heterocycles. The molecule has 1 aliphatic rings. The van der Waals surface area contributed by atoms with Crippen LogP contribution in [0, 0.1) is 0 Å². The van der Waals surface area contributed by atoms with Crippen LogP contribution >= 0.6 is 27.7 Å². The van der Waals surface area contributed by atoms with Crippen LogP contribution in [0.1, 0.15) is 36.2 Å². The van der Waals surface area contributed by atoms with Crippen molar-refractivity contribution in [1.82, 2.24) is 10.3 Å². The van der Waals surface area contributed by atoms with Gasteiger partial charge >= 0.3 is 0 Å². The molecule has 1 aromatic rings. The first-order valence-corrected chi connectivity index (χ1v) is 8.22. The Hall–Kier alpha value is -0.550. The number of aromatic nitrogens is 1. The standard InChI is InChI=1S/C13H17BrN2OS/c1-18-11-5-3-10(4-6-11)16-13(17)12-7-2-9(14)8-15-12/h2,7-8,10-11H,3-6H2,1H3,(H,16,17). The highest BCUT2D eigenvalue weighted by atomic mass is 79.9. The lowest BCUT2D eigenvalue weighted by Crippen LogP contribution is -2.38. The van der Waals surface area contributed by atoms with Gasteiger partial charge in [-0.1, -0.05) is 0 Å². The van der Waals surface area contributed by atoms with Gasteiger partial charge in [0.2, 0.25) is 0 Å². The quantitative estimate of drug-likeness (QED) is 0.926. The molecule has 0 radical (unpaired) electrons. The first kappa shape index (κ1) is 13.9. The maximum atomic E-state index is 12.0. The number of nitrogens with zero attached hydrogens (tertiary/aromatic N) is 1. The summed E-state index contributed by atoms with van der Waals surface area (Å²) in [6, 6.07) is 3.89. The topological polar surface area (TPSA) is 42.0 Å². The van der Waals surface area contributed by atoms with Gasteiger partial charge in [0.1, 0.15) is 5.69 Å². The number of pyridine rings is 1. The van der Waals surface area contributed by atoms with Crippen molar-refractivity contribution in [2.75, 3.05) is 6.26 Å². The molecule has 0 spiro atoms. The second kappa shape index (κ2) is 6.57. The minimum absolute atomic E-state index is 0.0601. The molecular weight excluding hydrogens is 312 g/mol. The lowest BCUT2D eigenvalue weighted by Gasteiger charge is -2.27. The Morgan fingerprint density at radius 2 is 2.11 bits per heavy atom. The van der Waals surface area contributed by atoms with E-state index in [0.717, 1.165) is 22.6 Å². The molecule has 1 fully saturated rings. The van der Waals surface area contributed by atoms with Crippen molar-refractivity contribution in [3.05, 3.63) is 28.5 Å². The molecule has 1 heterocycles. The Balaban J connectivity index is 1.86. The van der Waals surface area contributed by atoms with Crippen LogP contribution < -0.4 is 5.32 Å². The van der Waals surface area contributed by atoms with Gasteiger partial charge in [0.15, 0.2) is 0 Å². The number of nitrogens with one attached hydrogen (secondary N) is 1. The highest BCUT2D eigenvalue weighted by Gasteiger charge is 2.22. The minimum Gasteiger partial charge on any atom is -0.348 e. The summed E-state index contributed by atoms with van der Waals surface area (Å²) in [6.07, 6.45) is 8.36. The predicted octanol–water partition coefficient (Wildman–Crippen LogP) is 3.25. The van der Waals surface area contributed by atoms with Crippen molar-refractivity contribution in [3.8, 4) is 0 Å². The van der Waals surface area contributed by atoms with E-state index in [9.17, 15) is 4.79 Å². The van der Waals surface area contributed by atoms with Crippen molar-refractivity contribution >= 4 is 33.6 Å². The normalized spacial score (nSPS) is 23.7. The maximum Gasteiger partial charge on any atom is 0.270 e. The summed E-state index contributed by atoms with van der Waals surface area (Å²) in [7, 11) is 0. The zero-order valence-electron chi connectivity index (χ0n) is 10.4. The van der Waals surface area contributed by atoms with Crippen LogP contribution in [0.2, 0.25) is 0 Å². The molecule has 1 amide bonds. The molecule has 1 saturated carbocycles. The average Bonchev–Trinajstić information content (AvgIpc) is 2.40. The van der Waals surface area contributed by atoms with Gasteiger partial charge in [-0.25, -0.2) is 4.98 Å². The van der Waals surface area contributed by atoms with E-state index < -0.39 is 0 Å². The Kier molecular flexibility index (Phi) is 5.06. The molecule has 0 atom stereocenters. The third-order valence-corrected chi connectivity index (χ3v) is 4.91. The van der Waals surface area contributed by atoms with E-state index in [-0.39, 0.29) is 5.91 Å². The van der Waals surface area contributed by atoms with Crippen molar-refractivity contribution in [2.45, 2.75) is 37.0 Å². The van der Waals surface area contributed by atoms with Gasteiger partial charge in [-0.15, -0.1) is 0 Å². The fraction of sp³-hybridized carbons (Fsp3) is 0.538. The summed E-state index contributed by atoms with van der Waals surface area (Å²) >= 11 is 5.25. The van der Waals surface area contributed by atoms with Crippen molar-refractivity contribution in [3.63, 3.8) is 0 Å². The fourth-order valence-corrected chi connectivity index (χ4v) is 3.19. The summed E-state index contributed by atoms with van der Waals surface area (Å²) in [4.78, 5) is 16.1. The van der Waals surface area contributed by atoms with Crippen LogP contribution in [0.3, 0.4) is 0 Å². The van der Waals surface area contributed by atoms with Crippen LogP contribution in [-0.2, 0) is 0 Å². The highest BCUT2D eigenvalue weighted by molar-refractivity contribution is 9.10. The van der Waals surface area contributed by atoms with E-state index in [4.69, 9.17) is 0 Å². The molecule has 1 aromatic heterocycles. The second-order valence-electron chi connectivity index (χ2n) is 4.54. The number of halogens is 1. The first-order valence-electron chi connectivity index (χ1n) is 6.14. The largest absolute Gasteiger partial charge is 0.348 e. The van der Waals surface area contributed by atoms with E-state index in [1.807, 2.05) is 17.8 Å². The molecule has 0 aliphatic heterocycles. The summed E-state index contributed by atoms with van der Waals surface area (Å²) < 4.78 is 0.888. The number of hydrogen-bond donors (Lipinski definition) is 1. The van der Waals surface area contributed by atoms with Crippen LogP contribution in [-0.4, -0.2) is 28.4 Å². The third-order valence-electron chi connectivity index (χ3n) is 3.30. The smallest absolute Gasteiger partial charge is 0.270 e. The van der Waals surface area contributed by atoms with Gasteiger partial charge in [-0.05, 0) is 60.0 Å². The number of hydrogen-bond acceptors (Lipinski definition) is 3. The molecule has 5 heteroatoms. The summed E-state index contributed by atoms with van der Waals surface area (Å²) in [5.41, 5.74) is 0.491. The second-order valence-corrected chi connectivity index (χ2v) is 6.60. The van der Waals surface area contributed by atoms with Crippen molar-refractivity contribution in [2.24, 2.45) is 0 Å². The van der Waals surface area contributed by atoms with E-state index in [1.54, 1.807) is 12.3 Å². The van der Waals surface area contributed by atoms with Gasteiger partial charge in [-0.3, -0.25) is 4.79 Å². The molecule has 0 unspecified atom stereocenters. The zero-order chi connectivity index (χ0) is 13.0. The average molecular weight is 329 g/mol. The Bertz CT molecular complexity index is 402. The van der Waals surface area contributed by atoms with Crippen LogP contribution in [0.4, 0.5) is 0 Å². The third kappa shape index (κ3) is 3.72. The van der Waals surface area contributed by atoms with Crippen LogP contribution in [0.5, 0.6) is 0 Å². The molecule has 2 rings (SSSR count). The molecule has 18 heavy (non-hydrogen) atoms. The predicted molar refractivity (Wildman–Crippen MR) is 79.0 cm³/mol. The van der Waals surface area contributed by atoms with Gasteiger partial charge in [-0.2, -0.15) is 11.8 Å². The molecule has 0 bridgehead atoms. The minimum atomic E-state index is -0.0601. The van der Waals surface area contributed by atoms with E-state index in [0.29, 0.717) is 11.7 Å². The maximum absolute atomic E-state index is 12.0. The number of amides is 1. The Morgan fingerprint density at radius 1 is 1.39 bits per heavy atom. The summed E-state index contributed by atoms with van der Waals surface area (Å²) in [5, 5.41) is 3.84. The fourth-order valence-electron chi connectivity index (χ4n) is 2.21. The summed E-state index contributed by atoms with van der Waals surface area (Å²) in [5.74, 6) is -0.0601. The number of carbonyl (C=O) groups is 1. The van der Waals surface area contributed by atoms with Crippen LogP contribution in [0.15, 0.2) is 22.8 Å². The lowest BCUT2D eigenvalue weighted by molar-refractivity contribution is 0.0923. The van der Waals surface area contributed by atoms with Gasteiger partial charge in [0.05, 0.1) is 0 Å². The van der Waals surface area contributed by atoms with E-state index >= 15 is 0 Å². The molecule has 3 nitrogen and oxygen atoms in total. The van der Waals surface area contributed by atoms with Crippen LogP contribution in [0.25, 0.3) is 0 Å². The Morgan fingerprint density at radius 3 is 2.67 bits per heavy atom. The summed E-state index contributed by atoms with van der Waals surface area (Å²) in [6.45, 7) is 0. The number of carbonyl (C=O) groups excluding carboxylic acids is 1. The lowest BCUT2D eigenvalue weighted by atomic mass is 9.95. The molecule has 0 aromatic carbocycles. The molecule has 1 N–H and O–H groups in total. The SMILES string of the molecule is CSC1CCC(NC(=O)c2ccc(Br)cn2)CC1. The highest BCUT2D eigenvalue weighted by Crippen LogP contribution is 2.26. The van der Waals surface area contributed by atoms with Crippen molar-refractivity contribution < 1.29 is 4.79 Å². The number of rotatable bonds is 3. The molecular formula is C13H17BrN2OS. The molecule has 1 aliphatic carbocycles.